The van der Waals surface area contributed by atoms with E-state index in [1.807, 2.05) is 37.5 Å². The highest BCUT2D eigenvalue weighted by Crippen LogP contribution is 2.24. The van der Waals surface area contributed by atoms with E-state index in [0.717, 1.165) is 42.3 Å². The van der Waals surface area contributed by atoms with Gasteiger partial charge in [0, 0.05) is 19.5 Å². The van der Waals surface area contributed by atoms with Crippen molar-refractivity contribution in [2.24, 2.45) is 0 Å². The molecule has 0 aliphatic carbocycles. The Labute approximate surface area is 168 Å². The van der Waals surface area contributed by atoms with Gasteiger partial charge >= 0.3 is 5.69 Å². The fourth-order valence-electron chi connectivity index (χ4n) is 3.47. The summed E-state index contributed by atoms with van der Waals surface area (Å²) in [5, 5.41) is 2.80. The van der Waals surface area contributed by atoms with Crippen molar-refractivity contribution < 1.29 is 4.79 Å². The van der Waals surface area contributed by atoms with Crippen LogP contribution in [0, 0.1) is 13.8 Å². The molecule has 29 heavy (non-hydrogen) atoms. The number of aromatic nitrogens is 4. The number of benzene rings is 1. The minimum Gasteiger partial charge on any atom is -0.356 e. The third kappa shape index (κ3) is 4.70. The molecule has 0 atom stereocenters. The number of H-pyrrole nitrogens is 1. The predicted molar refractivity (Wildman–Crippen MR) is 112 cm³/mol. The first-order valence-corrected chi connectivity index (χ1v) is 10.1. The first-order chi connectivity index (χ1) is 13.9. The second-order valence-electron chi connectivity index (χ2n) is 7.35. The summed E-state index contributed by atoms with van der Waals surface area (Å²) in [5.41, 5.74) is 2.77. The molecular weight excluding hydrogens is 370 g/mol. The van der Waals surface area contributed by atoms with E-state index in [-0.39, 0.29) is 11.6 Å². The summed E-state index contributed by atoms with van der Waals surface area (Å²) in [7, 11) is 0. The second kappa shape index (κ2) is 8.98. The van der Waals surface area contributed by atoms with Gasteiger partial charge in [0.05, 0.1) is 11.0 Å². The average molecular weight is 397 g/mol. The van der Waals surface area contributed by atoms with Gasteiger partial charge in [-0.2, -0.15) is 4.98 Å². The number of hydrogen-bond acceptors (Lipinski definition) is 5. The zero-order chi connectivity index (χ0) is 21.0. The molecule has 1 aromatic rings. The van der Waals surface area contributed by atoms with E-state index in [9.17, 15) is 14.4 Å². The van der Waals surface area contributed by atoms with Gasteiger partial charge in [0.1, 0.15) is 0 Å². The Morgan fingerprint density at radius 3 is 2.55 bits per heavy atom. The van der Waals surface area contributed by atoms with E-state index in [1.165, 1.54) is 0 Å². The number of nitrogens with zero attached hydrogens (tertiary/aromatic N) is 3. The molecule has 0 saturated heterocycles. The minimum atomic E-state index is -0.664. The smallest absolute Gasteiger partial charge is 0.349 e. The Morgan fingerprint density at radius 2 is 1.79 bits per heavy atom. The number of unbranched alkanes of at least 4 members (excludes halogenated alkanes) is 3. The quantitative estimate of drug-likeness (QED) is 0.448. The maximum absolute atomic E-state index is 12.3. The van der Waals surface area contributed by atoms with E-state index in [0.29, 0.717) is 30.9 Å². The standard InChI is InChI=1S/C21H27N5O3/c1-4-22-17(27)9-7-5-6-8-10-26-16-12-14(3)13(2)11-15(16)23-18-19(26)24-21(29)25-20(18)28/h11-12H,4-10H2,1-3H3,(H,22,27)(H,25,28,29). The maximum atomic E-state index is 12.3. The molecule has 2 N–H and O–H groups in total. The van der Waals surface area contributed by atoms with E-state index in [1.54, 1.807) is 0 Å². The molecule has 0 spiro atoms. The third-order valence-electron chi connectivity index (χ3n) is 5.13. The van der Waals surface area contributed by atoms with Gasteiger partial charge in [-0.3, -0.25) is 14.6 Å². The van der Waals surface area contributed by atoms with E-state index in [4.69, 9.17) is 0 Å². The number of carbonyl (C=O) groups excluding carboxylic acids is 1. The van der Waals surface area contributed by atoms with Crippen molar-refractivity contribution in [2.45, 2.75) is 59.4 Å². The van der Waals surface area contributed by atoms with Crippen molar-refractivity contribution in [1.29, 1.82) is 0 Å². The van der Waals surface area contributed by atoms with Gasteiger partial charge in [-0.15, -0.1) is 0 Å². The Kier molecular flexibility index (Phi) is 6.41. The highest BCUT2D eigenvalue weighted by Gasteiger charge is 2.19. The molecule has 0 aromatic heterocycles. The topological polar surface area (TPSA) is 110 Å². The number of amides is 1. The summed E-state index contributed by atoms with van der Waals surface area (Å²) in [4.78, 5) is 46.3. The van der Waals surface area contributed by atoms with Crippen molar-refractivity contribution in [2.75, 3.05) is 6.54 Å². The van der Waals surface area contributed by atoms with E-state index in [2.05, 4.69) is 20.3 Å². The summed E-state index contributed by atoms with van der Waals surface area (Å²) in [6, 6.07) is 3.98. The molecular formula is C21H27N5O3. The molecule has 0 radical (unpaired) electrons. The number of fused-ring (bicyclic) bond motifs is 2. The Morgan fingerprint density at radius 1 is 1.07 bits per heavy atom. The Bertz CT molecular complexity index is 1120. The first kappa shape index (κ1) is 20.7. The Balaban J connectivity index is 1.85. The Hall–Kier alpha value is -3.03. The molecule has 3 rings (SSSR count). The monoisotopic (exact) mass is 397 g/mol. The molecule has 1 aromatic carbocycles. The van der Waals surface area contributed by atoms with Crippen molar-refractivity contribution >= 4 is 16.9 Å². The summed E-state index contributed by atoms with van der Waals surface area (Å²) in [6.07, 6.45) is 4.11. The lowest BCUT2D eigenvalue weighted by Crippen LogP contribution is -2.29. The molecule has 2 aliphatic heterocycles. The van der Waals surface area contributed by atoms with Crippen LogP contribution in [0.2, 0.25) is 0 Å². The molecule has 0 fully saturated rings. The molecule has 1 amide bonds. The van der Waals surface area contributed by atoms with Gasteiger partial charge in [0.25, 0.3) is 5.56 Å². The summed E-state index contributed by atoms with van der Waals surface area (Å²) >= 11 is 0. The lowest BCUT2D eigenvalue weighted by Gasteiger charge is -2.17. The van der Waals surface area contributed by atoms with Gasteiger partial charge in [-0.25, -0.2) is 9.78 Å². The lowest BCUT2D eigenvalue weighted by molar-refractivity contribution is -0.121. The van der Waals surface area contributed by atoms with Gasteiger partial charge in [0.2, 0.25) is 5.91 Å². The summed E-state index contributed by atoms with van der Waals surface area (Å²) in [6.45, 7) is 7.21. The first-order valence-electron chi connectivity index (χ1n) is 10.1. The van der Waals surface area contributed by atoms with Gasteiger partial charge in [-0.05, 0) is 56.9 Å². The molecule has 0 saturated carbocycles. The SMILES string of the molecule is CCNC(=O)CCCCCCn1c2nc(=O)[nH]c(=O)c-2nc2cc(C)c(C)cc21. The maximum Gasteiger partial charge on any atom is 0.349 e. The number of aromatic amines is 1. The van der Waals surface area contributed by atoms with E-state index < -0.39 is 11.2 Å². The third-order valence-corrected chi connectivity index (χ3v) is 5.13. The average Bonchev–Trinajstić information content (AvgIpc) is 2.66. The number of carbonyl (C=O) groups is 1. The molecule has 8 nitrogen and oxygen atoms in total. The van der Waals surface area contributed by atoms with Gasteiger partial charge in [0.15, 0.2) is 11.5 Å². The predicted octanol–water partition coefficient (Wildman–Crippen LogP) is 2.29. The molecule has 2 heterocycles. The number of hydrogen-bond donors (Lipinski definition) is 2. The molecule has 8 heteroatoms. The van der Waals surface area contributed by atoms with Crippen LogP contribution in [0.15, 0.2) is 21.7 Å². The van der Waals surface area contributed by atoms with E-state index >= 15 is 0 Å². The van der Waals surface area contributed by atoms with Gasteiger partial charge in [-0.1, -0.05) is 12.8 Å². The van der Waals surface area contributed by atoms with Crippen LogP contribution in [0.3, 0.4) is 0 Å². The zero-order valence-corrected chi connectivity index (χ0v) is 17.2. The van der Waals surface area contributed by atoms with Crippen LogP contribution in [0.5, 0.6) is 0 Å². The van der Waals surface area contributed by atoms with Crippen LogP contribution in [-0.4, -0.2) is 32.0 Å². The summed E-state index contributed by atoms with van der Waals surface area (Å²) in [5.74, 6) is 0.405. The number of aryl methyl sites for hydroxylation is 3. The van der Waals surface area contributed by atoms with Crippen LogP contribution in [0.4, 0.5) is 0 Å². The second-order valence-corrected chi connectivity index (χ2v) is 7.35. The van der Waals surface area contributed by atoms with Crippen molar-refractivity contribution in [3.63, 3.8) is 0 Å². The minimum absolute atomic E-state index is 0.0882. The van der Waals surface area contributed by atoms with Crippen molar-refractivity contribution in [3.8, 4) is 11.5 Å². The molecule has 2 aliphatic rings. The van der Waals surface area contributed by atoms with Crippen LogP contribution in [-0.2, 0) is 11.3 Å². The van der Waals surface area contributed by atoms with Crippen molar-refractivity contribution in [1.82, 2.24) is 24.8 Å². The lowest BCUT2D eigenvalue weighted by atomic mass is 10.1. The fourth-order valence-corrected chi connectivity index (χ4v) is 3.47. The highest BCUT2D eigenvalue weighted by atomic mass is 16.2. The molecule has 0 bridgehead atoms. The van der Waals surface area contributed by atoms with Crippen LogP contribution >= 0.6 is 0 Å². The highest BCUT2D eigenvalue weighted by molar-refractivity contribution is 5.81. The van der Waals surface area contributed by atoms with Crippen molar-refractivity contribution in [3.05, 3.63) is 44.1 Å². The van der Waals surface area contributed by atoms with Crippen LogP contribution < -0.4 is 16.6 Å². The molecule has 154 valence electrons. The van der Waals surface area contributed by atoms with Crippen LogP contribution in [0.1, 0.15) is 50.2 Å². The number of rotatable bonds is 8. The number of nitrogens with one attached hydrogen (secondary N) is 2. The summed E-state index contributed by atoms with van der Waals surface area (Å²) < 4.78 is 1.92. The van der Waals surface area contributed by atoms with Gasteiger partial charge < -0.3 is 9.88 Å². The zero-order valence-electron chi connectivity index (χ0n) is 17.2. The largest absolute Gasteiger partial charge is 0.356 e. The normalized spacial score (nSPS) is 11.3. The van der Waals surface area contributed by atoms with Crippen LogP contribution in [0.25, 0.3) is 22.6 Å². The molecule has 0 unspecified atom stereocenters. The fraction of sp³-hybridized carbons (Fsp3) is 0.476.